The van der Waals surface area contributed by atoms with Crippen LogP contribution in [-0.4, -0.2) is 18.4 Å². The van der Waals surface area contributed by atoms with Gasteiger partial charge in [-0.3, -0.25) is 4.79 Å². The van der Waals surface area contributed by atoms with Crippen LogP contribution in [0.15, 0.2) is 0 Å². The van der Waals surface area contributed by atoms with Crippen LogP contribution in [0.1, 0.15) is 85.0 Å². The molecule has 0 spiro atoms. The quantitative estimate of drug-likeness (QED) is 0.449. The van der Waals surface area contributed by atoms with Crippen LogP contribution in [0.5, 0.6) is 0 Å². The molecule has 0 bridgehead atoms. The third kappa shape index (κ3) is 6.25. The smallest absolute Gasteiger partial charge is 0.311 e. The zero-order valence-electron chi connectivity index (χ0n) is 13.5. The van der Waals surface area contributed by atoms with Crippen LogP contribution in [0.25, 0.3) is 0 Å². The van der Waals surface area contributed by atoms with Crippen LogP contribution in [0.3, 0.4) is 0 Å². The molecule has 1 saturated carbocycles. The van der Waals surface area contributed by atoms with E-state index in [4.69, 9.17) is 9.47 Å². The van der Waals surface area contributed by atoms with Crippen molar-refractivity contribution in [1.82, 2.24) is 0 Å². The molecule has 1 aliphatic carbocycles. The van der Waals surface area contributed by atoms with E-state index in [1.807, 2.05) is 6.92 Å². The van der Waals surface area contributed by atoms with Gasteiger partial charge in [-0.1, -0.05) is 52.9 Å². The summed E-state index contributed by atoms with van der Waals surface area (Å²) in [5, 5.41) is 0. The Hall–Kier alpha value is -0.570. The van der Waals surface area contributed by atoms with Crippen LogP contribution in [0, 0.1) is 5.92 Å². The lowest BCUT2D eigenvalue weighted by Gasteiger charge is -2.27. The highest BCUT2D eigenvalue weighted by Gasteiger charge is 2.24. The van der Waals surface area contributed by atoms with Crippen molar-refractivity contribution >= 4 is 5.97 Å². The minimum absolute atomic E-state index is 0.0500. The molecule has 1 aliphatic rings. The molecule has 3 heteroatoms. The monoisotopic (exact) mass is 284 g/mol. The highest BCUT2D eigenvalue weighted by atomic mass is 16.7. The first-order chi connectivity index (χ1) is 9.71. The SMILES string of the molecule is CCCC(CCC)C(=O)OC(CC)OC1CCCCC1. The van der Waals surface area contributed by atoms with E-state index in [-0.39, 0.29) is 24.3 Å². The second kappa shape index (κ2) is 10.2. The van der Waals surface area contributed by atoms with Crippen molar-refractivity contribution < 1.29 is 14.3 Å². The largest absolute Gasteiger partial charge is 0.436 e. The van der Waals surface area contributed by atoms with E-state index in [9.17, 15) is 4.79 Å². The molecular weight excluding hydrogens is 252 g/mol. The van der Waals surface area contributed by atoms with Crippen molar-refractivity contribution in [2.24, 2.45) is 5.92 Å². The van der Waals surface area contributed by atoms with Gasteiger partial charge in [0.25, 0.3) is 0 Å². The Morgan fingerprint density at radius 1 is 1.05 bits per heavy atom. The molecule has 0 saturated heterocycles. The fraction of sp³-hybridized carbons (Fsp3) is 0.941. The molecule has 1 unspecified atom stereocenters. The maximum absolute atomic E-state index is 12.2. The van der Waals surface area contributed by atoms with E-state index in [0.29, 0.717) is 0 Å². The summed E-state index contributed by atoms with van der Waals surface area (Å²) in [6.07, 6.45) is 10.6. The Morgan fingerprint density at radius 2 is 1.65 bits per heavy atom. The Bertz CT molecular complexity index is 253. The Morgan fingerprint density at radius 3 is 2.15 bits per heavy atom. The van der Waals surface area contributed by atoms with Crippen molar-refractivity contribution in [1.29, 1.82) is 0 Å². The number of rotatable bonds is 9. The van der Waals surface area contributed by atoms with E-state index in [0.717, 1.165) is 44.9 Å². The number of esters is 1. The van der Waals surface area contributed by atoms with E-state index in [1.165, 1.54) is 19.3 Å². The van der Waals surface area contributed by atoms with Crippen LogP contribution in [0.2, 0.25) is 0 Å². The number of hydrogen-bond donors (Lipinski definition) is 0. The molecule has 0 heterocycles. The molecule has 0 aliphatic heterocycles. The second-order valence-electron chi connectivity index (χ2n) is 5.95. The maximum Gasteiger partial charge on any atom is 0.311 e. The summed E-state index contributed by atoms with van der Waals surface area (Å²) < 4.78 is 11.6. The van der Waals surface area contributed by atoms with E-state index >= 15 is 0 Å². The standard InChI is InChI=1S/C17H32O3/c1-4-10-14(11-5-2)17(18)20-16(6-3)19-15-12-8-7-9-13-15/h14-16H,4-13H2,1-3H3. The molecule has 3 nitrogen and oxygen atoms in total. The highest BCUT2D eigenvalue weighted by molar-refractivity contribution is 5.72. The third-order valence-electron chi connectivity index (χ3n) is 4.08. The minimum Gasteiger partial charge on any atom is -0.436 e. The van der Waals surface area contributed by atoms with E-state index in [1.54, 1.807) is 0 Å². The molecular formula is C17H32O3. The Kier molecular flexibility index (Phi) is 8.92. The van der Waals surface area contributed by atoms with Crippen LogP contribution in [-0.2, 0) is 14.3 Å². The molecule has 20 heavy (non-hydrogen) atoms. The molecule has 0 aromatic carbocycles. The maximum atomic E-state index is 12.2. The van der Waals surface area contributed by atoms with Crippen molar-refractivity contribution in [3.63, 3.8) is 0 Å². The van der Waals surface area contributed by atoms with Gasteiger partial charge in [-0.25, -0.2) is 0 Å². The van der Waals surface area contributed by atoms with Gasteiger partial charge in [-0.15, -0.1) is 0 Å². The predicted octanol–water partition coefficient (Wildman–Crippen LogP) is 4.83. The van der Waals surface area contributed by atoms with Crippen LogP contribution in [0.4, 0.5) is 0 Å². The number of ether oxygens (including phenoxy) is 2. The summed E-state index contributed by atoms with van der Waals surface area (Å²) in [6, 6.07) is 0. The second-order valence-corrected chi connectivity index (χ2v) is 5.95. The number of hydrogen-bond acceptors (Lipinski definition) is 3. The Labute approximate surface area is 124 Å². The lowest BCUT2D eigenvalue weighted by Crippen LogP contribution is -2.30. The van der Waals surface area contributed by atoms with Gasteiger partial charge in [-0.05, 0) is 25.7 Å². The van der Waals surface area contributed by atoms with Gasteiger partial charge in [0.2, 0.25) is 6.29 Å². The lowest BCUT2D eigenvalue weighted by molar-refractivity contribution is -0.197. The van der Waals surface area contributed by atoms with Crippen molar-refractivity contribution in [3.05, 3.63) is 0 Å². The first-order valence-electron chi connectivity index (χ1n) is 8.57. The van der Waals surface area contributed by atoms with Crippen molar-refractivity contribution in [2.45, 2.75) is 97.4 Å². The van der Waals surface area contributed by atoms with Gasteiger partial charge in [0.05, 0.1) is 12.0 Å². The summed E-state index contributed by atoms with van der Waals surface area (Å²) in [7, 11) is 0. The van der Waals surface area contributed by atoms with Gasteiger partial charge >= 0.3 is 5.97 Å². The molecule has 0 radical (unpaired) electrons. The van der Waals surface area contributed by atoms with Crippen LogP contribution >= 0.6 is 0 Å². The van der Waals surface area contributed by atoms with Gasteiger partial charge in [0.15, 0.2) is 0 Å². The molecule has 1 rings (SSSR count). The summed E-state index contributed by atoms with van der Waals surface area (Å²) in [5.41, 5.74) is 0. The predicted molar refractivity (Wildman–Crippen MR) is 81.4 cm³/mol. The Balaban J connectivity index is 2.41. The lowest BCUT2D eigenvalue weighted by atomic mass is 9.98. The summed E-state index contributed by atoms with van der Waals surface area (Å²) in [5.74, 6) is -0.00892. The normalized spacial score (nSPS) is 18.2. The van der Waals surface area contributed by atoms with Gasteiger partial charge in [0.1, 0.15) is 0 Å². The van der Waals surface area contributed by atoms with E-state index in [2.05, 4.69) is 13.8 Å². The molecule has 1 atom stereocenters. The van der Waals surface area contributed by atoms with Gasteiger partial charge < -0.3 is 9.47 Å². The minimum atomic E-state index is -0.346. The van der Waals surface area contributed by atoms with E-state index < -0.39 is 0 Å². The number of carbonyl (C=O) groups is 1. The topological polar surface area (TPSA) is 35.5 Å². The zero-order chi connectivity index (χ0) is 14.8. The fourth-order valence-corrected chi connectivity index (χ4v) is 2.93. The van der Waals surface area contributed by atoms with Crippen molar-refractivity contribution in [3.8, 4) is 0 Å². The summed E-state index contributed by atoms with van der Waals surface area (Å²) in [6.45, 7) is 6.26. The summed E-state index contributed by atoms with van der Waals surface area (Å²) >= 11 is 0. The summed E-state index contributed by atoms with van der Waals surface area (Å²) in [4.78, 5) is 12.2. The molecule has 0 aromatic rings. The molecule has 1 fully saturated rings. The number of carbonyl (C=O) groups excluding carboxylic acids is 1. The average molecular weight is 284 g/mol. The zero-order valence-corrected chi connectivity index (χ0v) is 13.5. The first kappa shape index (κ1) is 17.5. The van der Waals surface area contributed by atoms with Gasteiger partial charge in [0, 0.05) is 6.42 Å². The van der Waals surface area contributed by atoms with Crippen LogP contribution < -0.4 is 0 Å². The molecule has 0 amide bonds. The molecule has 118 valence electrons. The first-order valence-corrected chi connectivity index (χ1v) is 8.57. The fourth-order valence-electron chi connectivity index (χ4n) is 2.93. The molecule has 0 aromatic heterocycles. The highest BCUT2D eigenvalue weighted by Crippen LogP contribution is 2.23. The van der Waals surface area contributed by atoms with Gasteiger partial charge in [-0.2, -0.15) is 0 Å². The van der Waals surface area contributed by atoms with Crippen molar-refractivity contribution in [2.75, 3.05) is 0 Å². The third-order valence-corrected chi connectivity index (χ3v) is 4.08. The average Bonchev–Trinajstić information content (AvgIpc) is 2.47. The molecule has 0 N–H and O–H groups in total.